The van der Waals surface area contributed by atoms with Gasteiger partial charge in [-0.05, 0) is 18.4 Å². The van der Waals surface area contributed by atoms with Crippen LogP contribution in [-0.2, 0) is 12.1 Å². The Hall–Kier alpha value is -2.19. The molecule has 2 aromatic rings. The van der Waals surface area contributed by atoms with E-state index in [4.69, 9.17) is 0 Å². The molecular weight excluding hydrogens is 240 g/mol. The van der Waals surface area contributed by atoms with E-state index in [2.05, 4.69) is 16.2 Å². The zero-order valence-corrected chi connectivity index (χ0v) is 10.4. The average Bonchev–Trinajstić information content (AvgIpc) is 3.12. The Labute approximate surface area is 111 Å². The molecule has 1 atom stereocenters. The third kappa shape index (κ3) is 1.81. The van der Waals surface area contributed by atoms with E-state index in [-0.39, 0.29) is 6.54 Å². The van der Waals surface area contributed by atoms with E-state index in [0.717, 1.165) is 5.56 Å². The summed E-state index contributed by atoms with van der Waals surface area (Å²) in [5.41, 5.74) is -1.18. The molecule has 1 saturated carbocycles. The number of nitrogens with zero attached hydrogens (tertiary/aromatic N) is 4. The van der Waals surface area contributed by atoms with Crippen molar-refractivity contribution >= 4 is 0 Å². The molecule has 0 aliphatic heterocycles. The minimum absolute atomic E-state index is 0.241. The molecule has 1 unspecified atom stereocenters. The topological polar surface area (TPSA) is 74.7 Å². The van der Waals surface area contributed by atoms with E-state index < -0.39 is 11.0 Å². The van der Waals surface area contributed by atoms with Crippen molar-refractivity contribution in [3.05, 3.63) is 48.5 Å². The molecular formula is C14H14N4O. The monoisotopic (exact) mass is 254 g/mol. The third-order valence-corrected chi connectivity index (χ3v) is 3.86. The van der Waals surface area contributed by atoms with Crippen molar-refractivity contribution < 1.29 is 5.11 Å². The van der Waals surface area contributed by atoms with E-state index in [9.17, 15) is 10.4 Å². The van der Waals surface area contributed by atoms with E-state index in [1.807, 2.05) is 30.3 Å². The highest BCUT2D eigenvalue weighted by atomic mass is 16.3. The Kier molecular flexibility index (Phi) is 2.61. The fourth-order valence-electron chi connectivity index (χ4n) is 2.52. The predicted octanol–water partition coefficient (Wildman–Crippen LogP) is 1.47. The van der Waals surface area contributed by atoms with Crippen LogP contribution in [-0.4, -0.2) is 19.9 Å². The zero-order chi connectivity index (χ0) is 13.3. The summed E-state index contributed by atoms with van der Waals surface area (Å²) in [6.45, 7) is 0.241. The number of nitriles is 1. The molecule has 3 rings (SSSR count). The zero-order valence-electron chi connectivity index (χ0n) is 10.4. The maximum absolute atomic E-state index is 11.1. The molecule has 1 aliphatic carbocycles. The summed E-state index contributed by atoms with van der Waals surface area (Å²) < 4.78 is 1.57. The second kappa shape index (κ2) is 4.18. The van der Waals surface area contributed by atoms with Gasteiger partial charge in [0.25, 0.3) is 0 Å². The van der Waals surface area contributed by atoms with E-state index in [1.54, 1.807) is 11.0 Å². The van der Waals surface area contributed by atoms with Crippen LogP contribution < -0.4 is 0 Å². The molecule has 0 spiro atoms. The Morgan fingerprint density at radius 3 is 2.63 bits per heavy atom. The number of aliphatic hydroxyl groups is 1. The Balaban J connectivity index is 2.04. The minimum Gasteiger partial charge on any atom is -0.382 e. The van der Waals surface area contributed by atoms with Gasteiger partial charge >= 0.3 is 0 Å². The van der Waals surface area contributed by atoms with Gasteiger partial charge in [0.15, 0.2) is 0 Å². The summed E-state index contributed by atoms with van der Waals surface area (Å²) in [4.78, 5) is 3.89. The lowest BCUT2D eigenvalue weighted by Crippen LogP contribution is -2.40. The predicted molar refractivity (Wildman–Crippen MR) is 67.6 cm³/mol. The van der Waals surface area contributed by atoms with Gasteiger partial charge < -0.3 is 5.11 Å². The summed E-state index contributed by atoms with van der Waals surface area (Å²) in [6, 6.07) is 11.6. The fourth-order valence-corrected chi connectivity index (χ4v) is 2.52. The van der Waals surface area contributed by atoms with Gasteiger partial charge in [-0.1, -0.05) is 30.3 Å². The van der Waals surface area contributed by atoms with E-state index in [1.165, 1.54) is 6.33 Å². The largest absolute Gasteiger partial charge is 0.382 e. The average molecular weight is 254 g/mol. The van der Waals surface area contributed by atoms with Gasteiger partial charge in [0.2, 0.25) is 0 Å². The molecule has 1 aliphatic rings. The molecule has 0 amide bonds. The van der Waals surface area contributed by atoms with Crippen LogP contribution in [0.4, 0.5) is 0 Å². The lowest BCUT2D eigenvalue weighted by Gasteiger charge is -2.33. The van der Waals surface area contributed by atoms with Gasteiger partial charge in [0, 0.05) is 0 Å². The van der Waals surface area contributed by atoms with E-state index in [0.29, 0.717) is 12.8 Å². The van der Waals surface area contributed by atoms with Gasteiger partial charge in [0.1, 0.15) is 18.3 Å². The molecule has 1 aromatic heterocycles. The van der Waals surface area contributed by atoms with Crippen LogP contribution in [0.15, 0.2) is 43.0 Å². The molecule has 0 radical (unpaired) electrons. The van der Waals surface area contributed by atoms with Crippen molar-refractivity contribution in [1.82, 2.24) is 14.8 Å². The van der Waals surface area contributed by atoms with Gasteiger partial charge in [-0.15, -0.1) is 0 Å². The molecule has 5 nitrogen and oxygen atoms in total. The van der Waals surface area contributed by atoms with Crippen LogP contribution in [0.3, 0.4) is 0 Å². The first-order valence-corrected chi connectivity index (χ1v) is 6.22. The first-order valence-electron chi connectivity index (χ1n) is 6.22. The minimum atomic E-state index is -1.23. The van der Waals surface area contributed by atoms with E-state index >= 15 is 0 Å². The van der Waals surface area contributed by atoms with Crippen molar-refractivity contribution in [3.63, 3.8) is 0 Å². The van der Waals surface area contributed by atoms with Crippen LogP contribution in [0.1, 0.15) is 18.4 Å². The smallest absolute Gasteiger partial charge is 0.137 e. The molecule has 96 valence electrons. The lowest BCUT2D eigenvalue weighted by atomic mass is 9.79. The molecule has 19 heavy (non-hydrogen) atoms. The van der Waals surface area contributed by atoms with Crippen LogP contribution in [0, 0.1) is 16.7 Å². The fraction of sp³-hybridized carbons (Fsp3) is 0.357. The van der Waals surface area contributed by atoms with Crippen molar-refractivity contribution in [2.75, 3.05) is 0 Å². The quantitative estimate of drug-likeness (QED) is 0.896. The molecule has 0 bridgehead atoms. The highest BCUT2D eigenvalue weighted by Gasteiger charge is 2.60. The maximum Gasteiger partial charge on any atom is 0.137 e. The normalized spacial score (nSPS) is 19.4. The van der Waals surface area contributed by atoms with Gasteiger partial charge in [-0.3, -0.25) is 0 Å². The first kappa shape index (κ1) is 11.9. The Morgan fingerprint density at radius 1 is 1.37 bits per heavy atom. The van der Waals surface area contributed by atoms with Gasteiger partial charge in [-0.2, -0.15) is 10.4 Å². The first-order chi connectivity index (χ1) is 9.20. The number of hydrogen-bond acceptors (Lipinski definition) is 4. The number of aromatic nitrogens is 3. The lowest BCUT2D eigenvalue weighted by molar-refractivity contribution is -0.0344. The molecule has 5 heteroatoms. The van der Waals surface area contributed by atoms with Crippen molar-refractivity contribution in [1.29, 1.82) is 5.26 Å². The van der Waals surface area contributed by atoms with Crippen molar-refractivity contribution in [2.45, 2.75) is 25.0 Å². The molecule has 1 heterocycles. The molecule has 0 saturated heterocycles. The number of benzene rings is 1. The van der Waals surface area contributed by atoms with Gasteiger partial charge in [0.05, 0.1) is 18.0 Å². The second-order valence-corrected chi connectivity index (χ2v) is 5.01. The van der Waals surface area contributed by atoms with Crippen molar-refractivity contribution in [3.8, 4) is 6.07 Å². The number of rotatable bonds is 4. The van der Waals surface area contributed by atoms with Gasteiger partial charge in [-0.25, -0.2) is 9.67 Å². The van der Waals surface area contributed by atoms with Crippen LogP contribution in [0.5, 0.6) is 0 Å². The maximum atomic E-state index is 11.1. The van der Waals surface area contributed by atoms with Crippen LogP contribution in [0.25, 0.3) is 0 Å². The Bertz CT molecular complexity index is 598. The molecule has 1 N–H and O–H groups in total. The number of hydrogen-bond donors (Lipinski definition) is 1. The summed E-state index contributed by atoms with van der Waals surface area (Å²) in [5, 5.41) is 24.6. The van der Waals surface area contributed by atoms with Crippen molar-refractivity contribution in [2.24, 2.45) is 5.41 Å². The Morgan fingerprint density at radius 2 is 2.11 bits per heavy atom. The van der Waals surface area contributed by atoms with Crippen LogP contribution >= 0.6 is 0 Å². The summed E-state index contributed by atoms with van der Waals surface area (Å²) in [6.07, 6.45) is 4.41. The molecule has 1 fully saturated rings. The summed E-state index contributed by atoms with van der Waals surface area (Å²) in [7, 11) is 0. The molecule has 1 aromatic carbocycles. The standard InChI is InChI=1S/C14H14N4O/c15-8-13(6-7-13)14(19,9-18-11-16-10-17-18)12-4-2-1-3-5-12/h1-5,10-11,19H,6-7,9H2. The summed E-state index contributed by atoms with van der Waals surface area (Å²) >= 11 is 0. The highest BCUT2D eigenvalue weighted by molar-refractivity contribution is 5.32. The summed E-state index contributed by atoms with van der Waals surface area (Å²) in [5.74, 6) is 0. The second-order valence-electron chi connectivity index (χ2n) is 5.01. The highest BCUT2D eigenvalue weighted by Crippen LogP contribution is 2.58. The third-order valence-electron chi connectivity index (χ3n) is 3.86. The SMILES string of the molecule is N#CC1(C(O)(Cn2cncn2)c2ccccc2)CC1. The van der Waals surface area contributed by atoms with Crippen LogP contribution in [0.2, 0.25) is 0 Å².